The molecule has 0 aliphatic heterocycles. The minimum absolute atomic E-state index is 0.889. The van der Waals surface area contributed by atoms with Crippen molar-refractivity contribution in [2.75, 3.05) is 0 Å². The predicted molar refractivity (Wildman–Crippen MR) is 23.0 cm³/mol. The van der Waals surface area contributed by atoms with E-state index in [1.165, 1.54) is 0 Å². The second kappa shape index (κ2) is 1.58. The zero-order valence-corrected chi connectivity index (χ0v) is 2.88. The molecule has 0 aliphatic rings. The minimum atomic E-state index is -1.03. The number of rotatable bonds is 0. The van der Waals surface area contributed by atoms with Crippen molar-refractivity contribution in [2.24, 2.45) is 0 Å². The van der Waals surface area contributed by atoms with E-state index in [1.807, 2.05) is 0 Å². The molecule has 4 heteroatoms. The fourth-order valence-electron chi connectivity index (χ4n) is 0. The van der Waals surface area contributed by atoms with Gasteiger partial charge in [0.25, 0.3) is 0 Å². The first-order chi connectivity index (χ1) is 2.27. The fraction of sp³-hybridized carbons (Fsp3) is 0. The molecule has 0 unspecified atom stereocenters. The van der Waals surface area contributed by atoms with Crippen LogP contribution in [0.15, 0.2) is 0 Å². The average Bonchev–Trinajstić information content (AvgIpc) is 1.38. The first-order valence-corrected chi connectivity index (χ1v) is 2.03. The van der Waals surface area contributed by atoms with Gasteiger partial charge in [-0.1, -0.05) is 0 Å². The first kappa shape index (κ1) is 2.51. The molecular weight excluding hydrogens is 67.7 g/mol. The summed E-state index contributed by atoms with van der Waals surface area (Å²) in [5, 5.41) is 0. The average molecular weight is 70.7 g/mol. The van der Waals surface area contributed by atoms with Crippen LogP contribution in [-0.4, -0.2) is 15.1 Å². The van der Waals surface area contributed by atoms with Gasteiger partial charge in [-0.3, -0.25) is 0 Å². The van der Waals surface area contributed by atoms with Gasteiger partial charge < -0.3 is 0 Å². The van der Waals surface area contributed by atoms with E-state index in [4.69, 9.17) is 13.2 Å². The third-order valence-corrected chi connectivity index (χ3v) is 0. The molecule has 4 heavy (non-hydrogen) atoms. The molecule has 1 N–H and O–H groups in total. The van der Waals surface area contributed by atoms with Crippen molar-refractivity contribution < 1.29 is 0 Å². The Morgan fingerprint density at radius 1 is 2.50 bits per heavy atom. The molecule has 0 rings (SSSR count). The Morgan fingerprint density at radius 3 is 2.75 bits per heavy atom. The van der Waals surface area contributed by atoms with Crippen LogP contribution in [0.25, 0.3) is 0 Å². The summed E-state index contributed by atoms with van der Waals surface area (Å²) >= 11 is 0. The van der Waals surface area contributed by atoms with E-state index in [0.29, 0.717) is 0 Å². The van der Waals surface area contributed by atoms with E-state index in [-0.39, 0.29) is 0 Å². The van der Waals surface area contributed by atoms with Crippen molar-refractivity contribution in [1.82, 2.24) is 0 Å². The van der Waals surface area contributed by atoms with Crippen LogP contribution in [0.1, 0.15) is 0 Å². The van der Waals surface area contributed by atoms with E-state index >= 15 is 0 Å². The van der Waals surface area contributed by atoms with Crippen molar-refractivity contribution in [3.05, 3.63) is 0 Å². The van der Waals surface area contributed by atoms with E-state index in [1.54, 1.807) is 0 Å². The van der Waals surface area contributed by atoms with Gasteiger partial charge in [-0.2, -0.15) is 0 Å². The van der Waals surface area contributed by atoms with E-state index in [9.17, 15) is 0 Å². The molecule has 0 amide bonds. The molecule has 20 valence electrons. The van der Waals surface area contributed by atoms with Gasteiger partial charge in [0.2, 0.25) is 0 Å². The summed E-state index contributed by atoms with van der Waals surface area (Å²) in [6, 6.07) is 0. The third-order valence-electron chi connectivity index (χ3n) is 0. The van der Waals surface area contributed by atoms with Gasteiger partial charge in [0, 0.05) is 0 Å². The zero-order chi connectivity index (χ0) is 4.28. The molecule has 0 saturated carbocycles. The second-order valence-corrected chi connectivity index (χ2v) is 1.12. The Balaban J connectivity index is 3.62. The van der Waals surface area contributed by atoms with Crippen molar-refractivity contribution in [2.45, 2.75) is 0 Å². The Bertz CT molecular complexity index is 81.6. The molecule has 2 radical (unpaired) electrons. The fourth-order valence-corrected chi connectivity index (χ4v) is 0. The number of hydrogen-bond acceptors (Lipinski definition) is 2. The van der Waals surface area contributed by atoms with E-state index in [0.717, 1.165) is 6.69 Å². The molecule has 0 aliphatic carbocycles. The summed E-state index contributed by atoms with van der Waals surface area (Å²) in [5.74, 6) is 0. The van der Waals surface area contributed by atoms with Gasteiger partial charge in [-0.25, -0.2) is 0 Å². The normalized spacial score (nSPS) is 17.5. The summed E-state index contributed by atoms with van der Waals surface area (Å²) in [6.07, 6.45) is 0. The summed E-state index contributed by atoms with van der Waals surface area (Å²) in [5.41, 5.74) is 0. The topological polar surface area (TPSA) is 23.9 Å². The van der Waals surface area contributed by atoms with E-state index in [2.05, 4.69) is 0 Å². The molecule has 0 aromatic rings. The second-order valence-electron chi connectivity index (χ2n) is 0.372. The standard InChI is InChI=1S/B2H2NS/c1-4(2)3/h1,3H/q-1/i1D. The van der Waals surface area contributed by atoms with Crippen molar-refractivity contribution in [3.8, 4) is 0 Å². The van der Waals surface area contributed by atoms with Crippen LogP contribution >= 0.6 is 0 Å². The van der Waals surface area contributed by atoms with Crippen LogP contribution in [0, 0.1) is 4.78 Å². The van der Waals surface area contributed by atoms with Crippen LogP contribution in [0.5, 0.6) is 0 Å². The van der Waals surface area contributed by atoms with Crippen molar-refractivity contribution in [3.63, 3.8) is 0 Å². The predicted octanol–water partition coefficient (Wildman–Crippen LogP) is -0.734. The quantitative estimate of drug-likeness (QED) is 0.287. The van der Waals surface area contributed by atoms with Gasteiger partial charge in [-0.05, 0) is 0 Å². The molecule has 0 atom stereocenters. The monoisotopic (exact) mass is 71.0 g/mol. The van der Waals surface area contributed by atoms with Gasteiger partial charge in [-0.15, -0.1) is 0 Å². The maximum absolute atomic E-state index is 6.39. The van der Waals surface area contributed by atoms with Gasteiger partial charge in [0.1, 0.15) is 0 Å². The zero-order valence-electron chi connectivity index (χ0n) is 3.06. The molecule has 1 nitrogen and oxygen atoms in total. The maximum atomic E-state index is 6.39. The molecule has 0 saturated heterocycles. The Kier molecular flexibility index (Phi) is 0.996. The summed E-state index contributed by atoms with van der Waals surface area (Å²) < 4.78 is 12.6. The van der Waals surface area contributed by atoms with Crippen LogP contribution in [0.4, 0.5) is 0 Å². The first-order valence-electron chi connectivity index (χ1n) is 1.25. The van der Waals surface area contributed by atoms with E-state index < -0.39 is 9.97 Å². The molecular formula is H2B2NS-. The molecule has 0 aromatic carbocycles. The summed E-state index contributed by atoms with van der Waals surface area (Å²) in [6.45, 7) is 0.889. The molecule has 0 heterocycles. The van der Waals surface area contributed by atoms with Crippen LogP contribution < -0.4 is 0 Å². The Morgan fingerprint density at radius 2 is 2.75 bits per heavy atom. The Hall–Kier alpha value is 0.280. The Labute approximate surface area is 30.8 Å². The van der Waals surface area contributed by atoms with Gasteiger partial charge in [0.05, 0.1) is 0 Å². The summed E-state index contributed by atoms with van der Waals surface area (Å²) in [7, 11) is 3.71. The van der Waals surface area contributed by atoms with Gasteiger partial charge in [0.15, 0.2) is 0 Å². The molecule has 0 aromatic heterocycles. The van der Waals surface area contributed by atoms with Gasteiger partial charge >= 0.3 is 29.9 Å². The molecule has 0 bridgehead atoms. The SMILES string of the molecule is [2H]B=[S-]([B])=N. The number of nitrogens with one attached hydrogen (secondary N) is 1. The van der Waals surface area contributed by atoms with Crippen molar-refractivity contribution >= 4 is 23.8 Å². The third kappa shape index (κ3) is 47.7. The van der Waals surface area contributed by atoms with Crippen LogP contribution in [0.2, 0.25) is 0 Å². The number of hydrogen-bond donors (Lipinski definition) is 1. The van der Waals surface area contributed by atoms with Crippen LogP contribution in [0.3, 0.4) is 0 Å². The van der Waals surface area contributed by atoms with Crippen LogP contribution in [-0.2, 0) is 9.97 Å². The van der Waals surface area contributed by atoms with Crippen molar-refractivity contribution in [1.29, 1.82) is 6.12 Å². The molecule has 0 spiro atoms. The summed E-state index contributed by atoms with van der Waals surface area (Å²) in [4.78, 5) is 0. The molecule has 0 fully saturated rings.